The Morgan fingerprint density at radius 1 is 0.857 bits per heavy atom. The number of benzene rings is 2. The summed E-state index contributed by atoms with van der Waals surface area (Å²) in [6.07, 6.45) is 4.03. The van der Waals surface area contributed by atoms with Gasteiger partial charge in [0.05, 0.1) is 11.9 Å². The normalized spacial score (nSPS) is 15.1. The van der Waals surface area contributed by atoms with Crippen molar-refractivity contribution >= 4 is 22.1 Å². The molecule has 0 saturated carbocycles. The number of fused-ring (bicyclic) bond motifs is 1. The lowest BCUT2D eigenvalue weighted by Crippen LogP contribution is -2.43. The van der Waals surface area contributed by atoms with Gasteiger partial charge >= 0.3 is 0 Å². The van der Waals surface area contributed by atoms with Crippen LogP contribution in [-0.4, -0.2) is 62.6 Å². The molecule has 6 rings (SSSR count). The van der Waals surface area contributed by atoms with E-state index in [2.05, 4.69) is 86.2 Å². The highest BCUT2D eigenvalue weighted by Crippen LogP contribution is 2.30. The van der Waals surface area contributed by atoms with Gasteiger partial charge in [-0.05, 0) is 48.0 Å². The lowest BCUT2D eigenvalue weighted by molar-refractivity contribution is 0.148. The van der Waals surface area contributed by atoms with Crippen LogP contribution in [0.25, 0.3) is 38.6 Å². The summed E-state index contributed by atoms with van der Waals surface area (Å²) in [6.45, 7) is 5.51. The second-order valence-electron chi connectivity index (χ2n) is 9.09. The SMILES string of the molecule is CN1CCN(Cc2cccc(-c3ccn4c(-c5cccc(-c6nnc(N)s6)c5)cnc4c3)c2)CC1. The quantitative estimate of drug-likeness (QED) is 0.398. The van der Waals surface area contributed by atoms with Gasteiger partial charge in [-0.1, -0.05) is 47.7 Å². The molecule has 4 heterocycles. The van der Waals surface area contributed by atoms with Gasteiger partial charge in [0, 0.05) is 50.0 Å². The number of piperazine rings is 1. The number of rotatable bonds is 5. The van der Waals surface area contributed by atoms with Crippen molar-refractivity contribution in [3.05, 3.63) is 78.6 Å². The first-order valence-corrected chi connectivity index (χ1v) is 12.6. The lowest BCUT2D eigenvalue weighted by atomic mass is 10.0. The molecule has 0 atom stereocenters. The number of nitrogens with zero attached hydrogens (tertiary/aromatic N) is 6. The zero-order chi connectivity index (χ0) is 23.8. The molecule has 0 amide bonds. The fourth-order valence-corrected chi connectivity index (χ4v) is 5.26. The molecule has 1 aliphatic heterocycles. The first-order chi connectivity index (χ1) is 17.1. The second-order valence-corrected chi connectivity index (χ2v) is 10.1. The maximum Gasteiger partial charge on any atom is 0.203 e. The van der Waals surface area contributed by atoms with Crippen LogP contribution in [0.3, 0.4) is 0 Å². The smallest absolute Gasteiger partial charge is 0.203 e. The number of hydrogen-bond donors (Lipinski definition) is 1. The van der Waals surface area contributed by atoms with Crippen molar-refractivity contribution in [2.45, 2.75) is 6.54 Å². The van der Waals surface area contributed by atoms with Gasteiger partial charge in [0.2, 0.25) is 5.13 Å². The van der Waals surface area contributed by atoms with Gasteiger partial charge in [-0.25, -0.2) is 4.98 Å². The van der Waals surface area contributed by atoms with Crippen molar-refractivity contribution in [2.24, 2.45) is 0 Å². The highest BCUT2D eigenvalue weighted by Gasteiger charge is 2.15. The maximum atomic E-state index is 5.77. The van der Waals surface area contributed by atoms with Crippen molar-refractivity contribution in [3.63, 3.8) is 0 Å². The van der Waals surface area contributed by atoms with Crippen LogP contribution < -0.4 is 5.73 Å². The molecule has 3 aromatic heterocycles. The van der Waals surface area contributed by atoms with E-state index in [1.807, 2.05) is 18.3 Å². The van der Waals surface area contributed by atoms with Crippen LogP contribution in [0.1, 0.15) is 5.56 Å². The molecule has 0 bridgehead atoms. The van der Waals surface area contributed by atoms with Crippen molar-refractivity contribution in [3.8, 4) is 33.0 Å². The second kappa shape index (κ2) is 9.22. The van der Waals surface area contributed by atoms with Crippen molar-refractivity contribution < 1.29 is 0 Å². The lowest BCUT2D eigenvalue weighted by Gasteiger charge is -2.32. The topological polar surface area (TPSA) is 75.6 Å². The van der Waals surface area contributed by atoms with E-state index in [0.717, 1.165) is 60.2 Å². The van der Waals surface area contributed by atoms with E-state index in [1.165, 1.54) is 28.0 Å². The van der Waals surface area contributed by atoms with Crippen molar-refractivity contribution in [2.75, 3.05) is 39.0 Å². The number of pyridine rings is 1. The molecule has 0 spiro atoms. The van der Waals surface area contributed by atoms with E-state index < -0.39 is 0 Å². The zero-order valence-corrected chi connectivity index (χ0v) is 20.4. The van der Waals surface area contributed by atoms with Gasteiger partial charge in [0.15, 0.2) is 0 Å². The van der Waals surface area contributed by atoms with Gasteiger partial charge in [-0.2, -0.15) is 0 Å². The third kappa shape index (κ3) is 4.55. The van der Waals surface area contributed by atoms with Crippen LogP contribution in [0.4, 0.5) is 5.13 Å². The van der Waals surface area contributed by atoms with Gasteiger partial charge in [-0.3, -0.25) is 9.30 Å². The van der Waals surface area contributed by atoms with Crippen LogP contribution in [-0.2, 0) is 6.54 Å². The Balaban J connectivity index is 1.27. The molecule has 35 heavy (non-hydrogen) atoms. The third-order valence-corrected chi connectivity index (χ3v) is 7.42. The molecule has 5 aromatic rings. The minimum atomic E-state index is 0.473. The van der Waals surface area contributed by atoms with Crippen LogP contribution in [0.15, 0.2) is 73.1 Å². The average Bonchev–Trinajstić information content (AvgIpc) is 3.52. The Labute approximate surface area is 208 Å². The summed E-state index contributed by atoms with van der Waals surface area (Å²) in [7, 11) is 2.20. The number of imidazole rings is 1. The van der Waals surface area contributed by atoms with Gasteiger partial charge in [0.25, 0.3) is 0 Å². The van der Waals surface area contributed by atoms with E-state index in [1.54, 1.807) is 0 Å². The average molecular weight is 482 g/mol. The van der Waals surface area contributed by atoms with Gasteiger partial charge < -0.3 is 10.6 Å². The molecule has 0 aliphatic carbocycles. The molecular formula is C27H27N7S. The Bertz CT molecular complexity index is 1480. The summed E-state index contributed by atoms with van der Waals surface area (Å²) in [5.74, 6) is 0. The molecule has 1 aliphatic rings. The first-order valence-electron chi connectivity index (χ1n) is 11.8. The Hall–Kier alpha value is -3.59. The highest BCUT2D eigenvalue weighted by atomic mass is 32.1. The summed E-state index contributed by atoms with van der Waals surface area (Å²) < 4.78 is 2.13. The predicted molar refractivity (Wildman–Crippen MR) is 142 cm³/mol. The number of aromatic nitrogens is 4. The largest absolute Gasteiger partial charge is 0.374 e. The monoisotopic (exact) mass is 481 g/mol. The number of hydrogen-bond acceptors (Lipinski definition) is 7. The Morgan fingerprint density at radius 2 is 1.63 bits per heavy atom. The van der Waals surface area contributed by atoms with Crippen LogP contribution in [0.5, 0.6) is 0 Å². The van der Waals surface area contributed by atoms with Gasteiger partial charge in [-0.15, -0.1) is 10.2 Å². The summed E-state index contributed by atoms with van der Waals surface area (Å²) in [6, 6.07) is 21.5. The minimum Gasteiger partial charge on any atom is -0.374 e. The Kier molecular flexibility index (Phi) is 5.77. The number of nitrogens with two attached hydrogens (primary N) is 1. The molecule has 1 saturated heterocycles. The Morgan fingerprint density at radius 3 is 2.46 bits per heavy atom. The van der Waals surface area contributed by atoms with E-state index in [9.17, 15) is 0 Å². The van der Waals surface area contributed by atoms with E-state index in [-0.39, 0.29) is 0 Å². The number of likely N-dealkylation sites (N-methyl/N-ethyl adjacent to an activating group) is 1. The predicted octanol–water partition coefficient (Wildman–Crippen LogP) is 4.52. The minimum absolute atomic E-state index is 0.473. The molecule has 0 radical (unpaired) electrons. The summed E-state index contributed by atoms with van der Waals surface area (Å²) in [4.78, 5) is 9.64. The van der Waals surface area contributed by atoms with Gasteiger partial charge in [0.1, 0.15) is 10.7 Å². The molecule has 176 valence electrons. The highest BCUT2D eigenvalue weighted by molar-refractivity contribution is 7.18. The van der Waals surface area contributed by atoms with Crippen LogP contribution in [0.2, 0.25) is 0 Å². The summed E-state index contributed by atoms with van der Waals surface area (Å²) in [5.41, 5.74) is 13.6. The molecule has 7 nitrogen and oxygen atoms in total. The van der Waals surface area contributed by atoms with Crippen molar-refractivity contribution in [1.29, 1.82) is 0 Å². The zero-order valence-electron chi connectivity index (χ0n) is 19.6. The fraction of sp³-hybridized carbons (Fsp3) is 0.222. The molecular weight excluding hydrogens is 454 g/mol. The third-order valence-electron chi connectivity index (χ3n) is 6.62. The summed E-state index contributed by atoms with van der Waals surface area (Å²) >= 11 is 1.39. The van der Waals surface area contributed by atoms with E-state index in [0.29, 0.717) is 5.13 Å². The van der Waals surface area contributed by atoms with Crippen molar-refractivity contribution in [1.82, 2.24) is 29.4 Å². The standard InChI is InChI=1S/C27H27N7S/c1-32-10-12-33(13-11-32)18-19-4-2-5-20(14-19)21-8-9-34-24(17-29-25(34)16-21)22-6-3-7-23(15-22)26-30-31-27(28)35-26/h2-9,14-17H,10-13,18H2,1H3,(H2,28,31). The van der Waals surface area contributed by atoms with E-state index >= 15 is 0 Å². The van der Waals surface area contributed by atoms with E-state index in [4.69, 9.17) is 10.7 Å². The maximum absolute atomic E-state index is 5.77. The molecule has 2 aromatic carbocycles. The van der Waals surface area contributed by atoms with Crippen LogP contribution >= 0.6 is 11.3 Å². The number of nitrogen functional groups attached to an aromatic ring is 1. The molecule has 1 fully saturated rings. The number of anilines is 1. The summed E-state index contributed by atoms with van der Waals surface area (Å²) in [5, 5.41) is 9.41. The molecule has 8 heteroatoms. The fourth-order valence-electron chi connectivity index (χ4n) is 4.65. The molecule has 2 N–H and O–H groups in total. The van der Waals surface area contributed by atoms with Crippen LogP contribution in [0, 0.1) is 0 Å². The first kappa shape index (κ1) is 21.9. The molecule has 0 unspecified atom stereocenters.